The molecule has 31 heavy (non-hydrogen) atoms. The summed E-state index contributed by atoms with van der Waals surface area (Å²) in [6.07, 6.45) is 6.37. The summed E-state index contributed by atoms with van der Waals surface area (Å²) in [7, 11) is 0. The highest BCUT2D eigenvalue weighted by atomic mass is 32.2. The second kappa shape index (κ2) is 8.90. The number of thiocarbonyl (C=S) groups is 1. The maximum absolute atomic E-state index is 13.1. The van der Waals surface area contributed by atoms with Crippen molar-refractivity contribution in [2.45, 2.75) is 35.6 Å². The number of nitrogens with one attached hydrogen (secondary N) is 2. The van der Waals surface area contributed by atoms with E-state index in [0.29, 0.717) is 5.11 Å². The molecule has 0 radical (unpaired) electrons. The molecule has 1 aliphatic carbocycles. The van der Waals surface area contributed by atoms with Gasteiger partial charge in [0.05, 0.1) is 5.69 Å². The molecule has 0 saturated carbocycles. The van der Waals surface area contributed by atoms with E-state index >= 15 is 0 Å². The van der Waals surface area contributed by atoms with E-state index in [1.807, 2.05) is 18.2 Å². The number of fused-ring (bicyclic) bond motifs is 3. The Morgan fingerprint density at radius 2 is 1.81 bits per heavy atom. The first-order valence-corrected chi connectivity index (χ1v) is 12.1. The molecule has 2 heterocycles. The van der Waals surface area contributed by atoms with Gasteiger partial charge in [0, 0.05) is 20.8 Å². The van der Waals surface area contributed by atoms with Crippen LogP contribution in [0.5, 0.6) is 0 Å². The van der Waals surface area contributed by atoms with Crippen LogP contribution in [0.4, 0.5) is 15.8 Å². The number of anilines is 2. The Morgan fingerprint density at radius 1 is 1.00 bits per heavy atom. The Bertz CT molecular complexity index is 1250. The van der Waals surface area contributed by atoms with Gasteiger partial charge < -0.3 is 10.6 Å². The molecule has 2 N–H and O–H groups in total. The van der Waals surface area contributed by atoms with Crippen molar-refractivity contribution < 1.29 is 4.39 Å². The van der Waals surface area contributed by atoms with Crippen molar-refractivity contribution in [2.24, 2.45) is 0 Å². The third-order valence-corrected chi connectivity index (χ3v) is 7.64. The number of nitrogens with zero attached hydrogens (tertiary/aromatic N) is 2. The number of benzene rings is 2. The summed E-state index contributed by atoms with van der Waals surface area (Å²) in [6, 6.07) is 14.1. The van der Waals surface area contributed by atoms with Gasteiger partial charge in [0.2, 0.25) is 0 Å². The number of hydrogen-bond acceptors (Lipinski definition) is 5. The number of hydrogen-bond donors (Lipinski definition) is 2. The van der Waals surface area contributed by atoms with E-state index in [0.717, 1.165) is 39.0 Å². The maximum atomic E-state index is 13.1. The zero-order valence-electron chi connectivity index (χ0n) is 16.5. The van der Waals surface area contributed by atoms with Crippen molar-refractivity contribution in [1.82, 2.24) is 9.97 Å². The largest absolute Gasteiger partial charge is 0.332 e. The van der Waals surface area contributed by atoms with E-state index < -0.39 is 0 Å². The van der Waals surface area contributed by atoms with Gasteiger partial charge in [-0.2, -0.15) is 0 Å². The molecule has 2 aromatic heterocycles. The molecule has 1 aliphatic rings. The molecule has 0 saturated heterocycles. The van der Waals surface area contributed by atoms with Gasteiger partial charge in [0.15, 0.2) is 5.11 Å². The minimum absolute atomic E-state index is 0.280. The first kappa shape index (κ1) is 20.4. The molecule has 0 bridgehead atoms. The Hall–Kier alpha value is -2.55. The van der Waals surface area contributed by atoms with Gasteiger partial charge in [0.1, 0.15) is 22.0 Å². The van der Waals surface area contributed by atoms with Crippen molar-refractivity contribution >= 4 is 62.0 Å². The molecule has 2 aromatic carbocycles. The van der Waals surface area contributed by atoms with Crippen LogP contribution >= 0.6 is 35.3 Å². The van der Waals surface area contributed by atoms with E-state index in [1.54, 1.807) is 41.6 Å². The summed E-state index contributed by atoms with van der Waals surface area (Å²) in [5.41, 5.74) is 3.04. The van der Waals surface area contributed by atoms with Gasteiger partial charge in [-0.1, -0.05) is 23.9 Å². The Labute approximate surface area is 193 Å². The van der Waals surface area contributed by atoms with Crippen LogP contribution in [-0.4, -0.2) is 15.1 Å². The van der Waals surface area contributed by atoms with Crippen LogP contribution in [0, 0.1) is 5.82 Å². The Morgan fingerprint density at radius 3 is 2.68 bits per heavy atom. The molecule has 0 spiro atoms. The van der Waals surface area contributed by atoms with Crippen LogP contribution in [0.3, 0.4) is 0 Å². The number of thiophene rings is 1. The third kappa shape index (κ3) is 4.42. The predicted octanol–water partition coefficient (Wildman–Crippen LogP) is 6.67. The summed E-state index contributed by atoms with van der Waals surface area (Å²) in [5.74, 6) is -0.280. The number of rotatable bonds is 4. The minimum Gasteiger partial charge on any atom is -0.332 e. The smallest absolute Gasteiger partial charge is 0.175 e. The fraction of sp³-hybridized carbons (Fsp3) is 0.174. The maximum Gasteiger partial charge on any atom is 0.175 e. The lowest BCUT2D eigenvalue weighted by molar-refractivity contribution is 0.628. The third-order valence-electron chi connectivity index (χ3n) is 5.16. The summed E-state index contributed by atoms with van der Waals surface area (Å²) in [6.45, 7) is 0. The van der Waals surface area contributed by atoms with E-state index in [9.17, 15) is 4.39 Å². The molecule has 156 valence electrons. The van der Waals surface area contributed by atoms with Gasteiger partial charge in [-0.15, -0.1) is 11.3 Å². The standard InChI is InChI=1S/C23H19FN4S3/c24-14-9-11-15(12-10-14)27-23(29)28-17-6-2-4-8-19(17)31-22-20-16-5-1-3-7-18(16)30-21(20)25-13-26-22/h2,4,6,8-13H,1,3,5,7H2,(H2,27,28,29). The average Bonchev–Trinajstić information content (AvgIpc) is 3.16. The van der Waals surface area contributed by atoms with Crippen molar-refractivity contribution in [3.8, 4) is 0 Å². The van der Waals surface area contributed by atoms with Crippen molar-refractivity contribution in [1.29, 1.82) is 0 Å². The summed E-state index contributed by atoms with van der Waals surface area (Å²) in [4.78, 5) is 12.7. The SMILES string of the molecule is Fc1ccc(NC(=S)Nc2ccccc2Sc2ncnc3sc4c(c23)CCCC4)cc1. The monoisotopic (exact) mass is 466 g/mol. The van der Waals surface area contributed by atoms with Crippen LogP contribution in [0.2, 0.25) is 0 Å². The van der Waals surface area contributed by atoms with Gasteiger partial charge in [0.25, 0.3) is 0 Å². The van der Waals surface area contributed by atoms with E-state index in [2.05, 4.69) is 26.7 Å². The molecule has 5 rings (SSSR count). The van der Waals surface area contributed by atoms with E-state index in [-0.39, 0.29) is 5.82 Å². The van der Waals surface area contributed by atoms with E-state index in [4.69, 9.17) is 12.2 Å². The molecule has 0 amide bonds. The molecule has 0 aliphatic heterocycles. The number of aromatic nitrogens is 2. The molecule has 4 aromatic rings. The number of halogens is 1. The summed E-state index contributed by atoms with van der Waals surface area (Å²) >= 11 is 8.90. The zero-order valence-corrected chi connectivity index (χ0v) is 19.0. The zero-order chi connectivity index (χ0) is 21.2. The van der Waals surface area contributed by atoms with Gasteiger partial charge in [-0.05, 0) is 79.9 Å². The number of para-hydroxylation sites is 1. The van der Waals surface area contributed by atoms with Crippen molar-refractivity contribution in [3.05, 3.63) is 71.1 Å². The fourth-order valence-electron chi connectivity index (χ4n) is 3.72. The topological polar surface area (TPSA) is 49.8 Å². The minimum atomic E-state index is -0.280. The van der Waals surface area contributed by atoms with Crippen LogP contribution < -0.4 is 10.6 Å². The Balaban J connectivity index is 1.40. The summed E-state index contributed by atoms with van der Waals surface area (Å²) < 4.78 is 13.1. The van der Waals surface area contributed by atoms with Crippen LogP contribution in [0.15, 0.2) is 64.8 Å². The predicted molar refractivity (Wildman–Crippen MR) is 131 cm³/mol. The lowest BCUT2D eigenvalue weighted by Gasteiger charge is -2.15. The molecule has 4 nitrogen and oxygen atoms in total. The van der Waals surface area contributed by atoms with Crippen LogP contribution in [-0.2, 0) is 12.8 Å². The van der Waals surface area contributed by atoms with Crippen LogP contribution in [0.25, 0.3) is 10.2 Å². The van der Waals surface area contributed by atoms with Gasteiger partial charge >= 0.3 is 0 Å². The first-order chi connectivity index (χ1) is 15.2. The van der Waals surface area contributed by atoms with Gasteiger partial charge in [-0.25, -0.2) is 14.4 Å². The van der Waals surface area contributed by atoms with Crippen molar-refractivity contribution in [3.63, 3.8) is 0 Å². The quantitative estimate of drug-likeness (QED) is 0.259. The molecular formula is C23H19FN4S3. The normalized spacial score (nSPS) is 13.1. The highest BCUT2D eigenvalue weighted by Crippen LogP contribution is 2.42. The van der Waals surface area contributed by atoms with Crippen LogP contribution in [0.1, 0.15) is 23.3 Å². The highest BCUT2D eigenvalue weighted by molar-refractivity contribution is 7.99. The van der Waals surface area contributed by atoms with E-state index in [1.165, 1.54) is 40.8 Å². The molecule has 0 fully saturated rings. The first-order valence-electron chi connectivity index (χ1n) is 10.0. The molecule has 0 unspecified atom stereocenters. The molecule has 0 atom stereocenters. The second-order valence-corrected chi connectivity index (χ2v) is 9.78. The highest BCUT2D eigenvalue weighted by Gasteiger charge is 2.20. The van der Waals surface area contributed by atoms with Crippen molar-refractivity contribution in [2.75, 3.05) is 10.6 Å². The summed E-state index contributed by atoms with van der Waals surface area (Å²) in [5, 5.41) is 8.99. The second-order valence-electron chi connectivity index (χ2n) is 7.25. The lowest BCUT2D eigenvalue weighted by atomic mass is 9.97. The number of aryl methyl sites for hydroxylation is 2. The lowest BCUT2D eigenvalue weighted by Crippen LogP contribution is -2.19. The average molecular weight is 467 g/mol. The molecular weight excluding hydrogens is 447 g/mol. The molecule has 8 heteroatoms. The Kier molecular flexibility index (Phi) is 5.85. The fourth-order valence-corrected chi connectivity index (χ4v) is 6.25. The van der Waals surface area contributed by atoms with Gasteiger partial charge in [-0.3, -0.25) is 0 Å².